The molecule has 0 saturated heterocycles. The minimum absolute atomic E-state index is 0. The SMILES string of the molecule is CCCCCCCCCCCC[NH+](C)[O-].O.O. The zero-order valence-electron chi connectivity index (χ0n) is 11.7. The molecule has 0 aliphatic rings. The molecule has 0 heterocycles. The van der Waals surface area contributed by atoms with Crippen molar-refractivity contribution in [3.63, 3.8) is 0 Å². The van der Waals surface area contributed by atoms with E-state index in [0.29, 0.717) is 5.06 Å². The van der Waals surface area contributed by atoms with E-state index in [2.05, 4.69) is 6.92 Å². The van der Waals surface area contributed by atoms with Gasteiger partial charge in [0, 0.05) is 0 Å². The number of quaternary nitrogens is 1. The van der Waals surface area contributed by atoms with Crippen molar-refractivity contribution in [3.8, 4) is 0 Å². The highest BCUT2D eigenvalue weighted by molar-refractivity contribution is 4.46. The van der Waals surface area contributed by atoms with Crippen molar-refractivity contribution < 1.29 is 16.0 Å². The minimum atomic E-state index is 0. The van der Waals surface area contributed by atoms with Gasteiger partial charge in [0.2, 0.25) is 0 Å². The van der Waals surface area contributed by atoms with Gasteiger partial charge in [-0.15, -0.1) is 0 Å². The van der Waals surface area contributed by atoms with Crippen LogP contribution in [0.5, 0.6) is 0 Å². The third-order valence-electron chi connectivity index (χ3n) is 2.88. The third kappa shape index (κ3) is 21.6. The van der Waals surface area contributed by atoms with Gasteiger partial charge in [-0.25, -0.2) is 0 Å². The van der Waals surface area contributed by atoms with Crippen molar-refractivity contribution in [2.24, 2.45) is 0 Å². The van der Waals surface area contributed by atoms with Gasteiger partial charge in [0.05, 0.1) is 13.6 Å². The van der Waals surface area contributed by atoms with Gasteiger partial charge in [0.15, 0.2) is 0 Å². The van der Waals surface area contributed by atoms with Crippen LogP contribution in [0.25, 0.3) is 0 Å². The van der Waals surface area contributed by atoms with E-state index in [1.54, 1.807) is 7.05 Å². The highest BCUT2D eigenvalue weighted by Crippen LogP contribution is 2.09. The highest BCUT2D eigenvalue weighted by atomic mass is 16.5. The van der Waals surface area contributed by atoms with Gasteiger partial charge in [-0.3, -0.25) is 0 Å². The Kier molecular flexibility index (Phi) is 23.6. The Morgan fingerprint density at radius 3 is 1.41 bits per heavy atom. The van der Waals surface area contributed by atoms with E-state index < -0.39 is 0 Å². The van der Waals surface area contributed by atoms with E-state index in [0.717, 1.165) is 13.0 Å². The summed E-state index contributed by atoms with van der Waals surface area (Å²) < 4.78 is 0. The van der Waals surface area contributed by atoms with Gasteiger partial charge >= 0.3 is 0 Å². The second-order valence-corrected chi connectivity index (χ2v) is 4.63. The third-order valence-corrected chi connectivity index (χ3v) is 2.88. The van der Waals surface area contributed by atoms with Gasteiger partial charge in [0.25, 0.3) is 0 Å². The molecule has 0 amide bonds. The smallest absolute Gasteiger partial charge is 0.0766 e. The standard InChI is InChI=1S/C13H29NO.2H2O/c1-3-4-5-6-7-8-9-10-11-12-13-14(2)15;;/h14H,3-13H2,1-2H3;2*1H2. The summed E-state index contributed by atoms with van der Waals surface area (Å²) in [5.74, 6) is 0. The Labute approximate surface area is 107 Å². The van der Waals surface area contributed by atoms with Crippen LogP contribution in [-0.2, 0) is 0 Å². The van der Waals surface area contributed by atoms with Crippen LogP contribution in [0.4, 0.5) is 0 Å². The van der Waals surface area contributed by atoms with E-state index in [1.807, 2.05) is 0 Å². The molecule has 0 aromatic heterocycles. The second kappa shape index (κ2) is 18.2. The summed E-state index contributed by atoms with van der Waals surface area (Å²) in [6.45, 7) is 3.05. The van der Waals surface area contributed by atoms with E-state index in [1.165, 1.54) is 57.8 Å². The Hall–Kier alpha value is -0.160. The van der Waals surface area contributed by atoms with Crippen molar-refractivity contribution in [2.75, 3.05) is 13.6 Å². The van der Waals surface area contributed by atoms with Crippen LogP contribution in [-0.4, -0.2) is 24.5 Å². The summed E-state index contributed by atoms with van der Waals surface area (Å²) in [4.78, 5) is 0. The Morgan fingerprint density at radius 2 is 1.06 bits per heavy atom. The molecule has 0 rings (SSSR count). The van der Waals surface area contributed by atoms with Crippen molar-refractivity contribution >= 4 is 0 Å². The van der Waals surface area contributed by atoms with Crippen molar-refractivity contribution in [1.29, 1.82) is 0 Å². The predicted octanol–water partition coefficient (Wildman–Crippen LogP) is 1.27. The first kappa shape index (κ1) is 22.1. The van der Waals surface area contributed by atoms with Gasteiger partial charge in [-0.2, -0.15) is 0 Å². The number of hydrogen-bond donors (Lipinski definition) is 1. The van der Waals surface area contributed by atoms with E-state index in [9.17, 15) is 5.21 Å². The molecule has 0 bridgehead atoms. The summed E-state index contributed by atoms with van der Waals surface area (Å²) >= 11 is 0. The summed E-state index contributed by atoms with van der Waals surface area (Å²) in [6, 6.07) is 0. The normalized spacial score (nSPS) is 11.5. The molecular weight excluding hydrogens is 218 g/mol. The number of hydroxylamine groups is 2. The summed E-state index contributed by atoms with van der Waals surface area (Å²) in [5.41, 5.74) is 0. The molecule has 108 valence electrons. The molecule has 0 saturated carbocycles. The van der Waals surface area contributed by atoms with Gasteiger partial charge in [-0.05, 0) is 12.8 Å². The first-order valence-corrected chi connectivity index (χ1v) is 6.76. The largest absolute Gasteiger partial charge is 0.634 e. The second-order valence-electron chi connectivity index (χ2n) is 4.63. The van der Waals surface area contributed by atoms with Gasteiger partial charge in [-0.1, -0.05) is 58.3 Å². The van der Waals surface area contributed by atoms with Crippen LogP contribution in [0.1, 0.15) is 71.1 Å². The molecule has 17 heavy (non-hydrogen) atoms. The molecule has 1 unspecified atom stereocenters. The quantitative estimate of drug-likeness (QED) is 0.435. The Morgan fingerprint density at radius 1 is 0.706 bits per heavy atom. The first-order chi connectivity index (χ1) is 7.27. The topological polar surface area (TPSA) is 90.5 Å². The number of nitrogens with one attached hydrogen (secondary N) is 1. The fourth-order valence-electron chi connectivity index (χ4n) is 1.86. The molecule has 1 atom stereocenters. The van der Waals surface area contributed by atoms with E-state index in [4.69, 9.17) is 0 Å². The average Bonchev–Trinajstić information content (AvgIpc) is 2.20. The zero-order chi connectivity index (χ0) is 11.4. The number of unbranched alkanes of at least 4 members (excludes halogenated alkanes) is 9. The van der Waals surface area contributed by atoms with Crippen LogP contribution >= 0.6 is 0 Å². The summed E-state index contributed by atoms with van der Waals surface area (Å²) in [6.07, 6.45) is 13.4. The van der Waals surface area contributed by atoms with E-state index in [-0.39, 0.29) is 11.0 Å². The minimum Gasteiger partial charge on any atom is -0.634 e. The number of rotatable bonds is 11. The maximum absolute atomic E-state index is 10.7. The molecule has 0 aromatic carbocycles. The average molecular weight is 251 g/mol. The lowest BCUT2D eigenvalue weighted by Crippen LogP contribution is -3.03. The predicted molar refractivity (Wildman–Crippen MR) is 74.2 cm³/mol. The fraction of sp³-hybridized carbons (Fsp3) is 1.00. The Balaban J connectivity index is -0.000000980. The van der Waals surface area contributed by atoms with Gasteiger partial charge < -0.3 is 21.2 Å². The maximum Gasteiger partial charge on any atom is 0.0766 e. The van der Waals surface area contributed by atoms with Crippen molar-refractivity contribution in [3.05, 3.63) is 5.21 Å². The van der Waals surface area contributed by atoms with Crippen LogP contribution in [0, 0.1) is 5.21 Å². The molecule has 5 N–H and O–H groups in total. The molecule has 0 radical (unpaired) electrons. The fourth-order valence-corrected chi connectivity index (χ4v) is 1.86. The molecule has 0 aliphatic heterocycles. The molecule has 0 aliphatic carbocycles. The van der Waals surface area contributed by atoms with Crippen molar-refractivity contribution in [1.82, 2.24) is 0 Å². The highest BCUT2D eigenvalue weighted by Gasteiger charge is 1.93. The lowest BCUT2D eigenvalue weighted by Gasteiger charge is -2.15. The van der Waals surface area contributed by atoms with Crippen LogP contribution < -0.4 is 5.06 Å². The summed E-state index contributed by atoms with van der Waals surface area (Å²) in [5, 5.41) is 11.0. The van der Waals surface area contributed by atoms with Crippen LogP contribution in [0.3, 0.4) is 0 Å². The van der Waals surface area contributed by atoms with Crippen LogP contribution in [0.15, 0.2) is 0 Å². The molecule has 0 fully saturated rings. The monoisotopic (exact) mass is 251 g/mol. The lowest BCUT2D eigenvalue weighted by atomic mass is 10.1. The maximum atomic E-state index is 10.7. The molecule has 0 spiro atoms. The molecule has 4 heteroatoms. The van der Waals surface area contributed by atoms with E-state index >= 15 is 0 Å². The zero-order valence-corrected chi connectivity index (χ0v) is 11.7. The first-order valence-electron chi connectivity index (χ1n) is 6.76. The number of hydrogen-bond acceptors (Lipinski definition) is 1. The molecule has 4 nitrogen and oxygen atoms in total. The lowest BCUT2D eigenvalue weighted by molar-refractivity contribution is -0.826. The molecular formula is C13H33NO3. The Bertz CT molecular complexity index is 121. The molecule has 0 aromatic rings. The van der Waals surface area contributed by atoms with Gasteiger partial charge in [0.1, 0.15) is 0 Å². The van der Waals surface area contributed by atoms with Crippen LogP contribution in [0.2, 0.25) is 0 Å². The summed E-state index contributed by atoms with van der Waals surface area (Å²) in [7, 11) is 1.69. The van der Waals surface area contributed by atoms with Crippen molar-refractivity contribution in [2.45, 2.75) is 71.1 Å².